The maximum atomic E-state index is 12.5. The number of nitrogens with zero attached hydrogens (tertiary/aromatic N) is 4. The van der Waals surface area contributed by atoms with E-state index in [0.29, 0.717) is 27.7 Å². The van der Waals surface area contributed by atoms with Crippen LogP contribution >= 0.6 is 11.6 Å². The summed E-state index contributed by atoms with van der Waals surface area (Å²) in [7, 11) is 0. The summed E-state index contributed by atoms with van der Waals surface area (Å²) in [5, 5.41) is 12.0. The highest BCUT2D eigenvalue weighted by atomic mass is 35.5. The minimum atomic E-state index is -0.201. The fourth-order valence-electron chi connectivity index (χ4n) is 3.28. The molecular formula is C24H17ClN6O. The van der Waals surface area contributed by atoms with E-state index in [4.69, 9.17) is 11.6 Å². The van der Waals surface area contributed by atoms with Gasteiger partial charge in [-0.15, -0.1) is 0 Å². The van der Waals surface area contributed by atoms with E-state index in [1.54, 1.807) is 47.3 Å². The van der Waals surface area contributed by atoms with Crippen molar-refractivity contribution in [2.75, 3.05) is 10.6 Å². The van der Waals surface area contributed by atoms with Crippen LogP contribution in [-0.4, -0.2) is 25.7 Å². The molecule has 0 aliphatic heterocycles. The molecule has 0 aliphatic carbocycles. The summed E-state index contributed by atoms with van der Waals surface area (Å²) >= 11 is 5.88. The Morgan fingerprint density at radius 3 is 2.31 bits per heavy atom. The van der Waals surface area contributed by atoms with Gasteiger partial charge in [-0.25, -0.2) is 14.6 Å². The number of fused-ring (bicyclic) bond motifs is 1. The Hall–Kier alpha value is -4.23. The quantitative estimate of drug-likeness (QED) is 0.379. The van der Waals surface area contributed by atoms with Gasteiger partial charge in [0.15, 0.2) is 5.65 Å². The average molecular weight is 441 g/mol. The Bertz CT molecular complexity index is 1380. The van der Waals surface area contributed by atoms with Crippen molar-refractivity contribution >= 4 is 45.7 Å². The zero-order valence-electron chi connectivity index (χ0n) is 16.7. The lowest BCUT2D eigenvalue weighted by Gasteiger charge is -2.09. The number of hydrogen-bond acceptors (Lipinski definition) is 5. The third kappa shape index (κ3) is 4.01. The highest BCUT2D eigenvalue weighted by Crippen LogP contribution is 2.25. The lowest BCUT2D eigenvalue weighted by atomic mass is 10.2. The molecule has 0 saturated heterocycles. The number of amides is 1. The standard InChI is InChI=1S/C24H17ClN6O/c25-17-8-12-19(13-9-17)30-24(32)16-6-10-18(11-7-16)29-22-21-14-28-31(23(21)27-15-26-22)20-4-2-1-3-5-20/h1-15H,(H,30,32)(H,26,27,29). The zero-order chi connectivity index (χ0) is 21.9. The Morgan fingerprint density at radius 1 is 0.844 bits per heavy atom. The molecular weight excluding hydrogens is 424 g/mol. The first-order chi connectivity index (χ1) is 15.7. The molecule has 3 aromatic carbocycles. The van der Waals surface area contributed by atoms with Gasteiger partial charge in [0.2, 0.25) is 0 Å². The van der Waals surface area contributed by atoms with Crippen LogP contribution < -0.4 is 10.6 Å². The lowest BCUT2D eigenvalue weighted by molar-refractivity contribution is 0.102. The second-order valence-electron chi connectivity index (χ2n) is 7.01. The van der Waals surface area contributed by atoms with Gasteiger partial charge in [0.1, 0.15) is 12.1 Å². The minimum absolute atomic E-state index is 0.201. The van der Waals surface area contributed by atoms with E-state index >= 15 is 0 Å². The van der Waals surface area contributed by atoms with E-state index in [0.717, 1.165) is 16.8 Å². The molecule has 5 rings (SSSR count). The number of para-hydroxylation sites is 1. The van der Waals surface area contributed by atoms with Gasteiger partial charge in [-0.3, -0.25) is 4.79 Å². The molecule has 0 saturated carbocycles. The minimum Gasteiger partial charge on any atom is -0.340 e. The van der Waals surface area contributed by atoms with Gasteiger partial charge in [-0.1, -0.05) is 29.8 Å². The average Bonchev–Trinajstić information content (AvgIpc) is 3.27. The smallest absolute Gasteiger partial charge is 0.255 e. The zero-order valence-corrected chi connectivity index (χ0v) is 17.5. The number of carbonyl (C=O) groups excluding carboxylic acids is 1. The first-order valence-electron chi connectivity index (χ1n) is 9.85. The molecule has 0 spiro atoms. The number of anilines is 3. The first-order valence-corrected chi connectivity index (χ1v) is 10.2. The van der Waals surface area contributed by atoms with Crippen LogP contribution in [0.5, 0.6) is 0 Å². The molecule has 2 aromatic heterocycles. The van der Waals surface area contributed by atoms with Gasteiger partial charge in [0, 0.05) is 22.0 Å². The maximum absolute atomic E-state index is 12.5. The van der Waals surface area contributed by atoms with Crippen molar-refractivity contribution in [3.05, 3.63) is 102 Å². The van der Waals surface area contributed by atoms with E-state index in [-0.39, 0.29) is 5.91 Å². The predicted molar refractivity (Wildman–Crippen MR) is 126 cm³/mol. The molecule has 2 heterocycles. The van der Waals surface area contributed by atoms with E-state index < -0.39 is 0 Å². The van der Waals surface area contributed by atoms with E-state index in [2.05, 4.69) is 25.7 Å². The highest BCUT2D eigenvalue weighted by molar-refractivity contribution is 6.30. The molecule has 0 unspecified atom stereocenters. The number of aromatic nitrogens is 4. The van der Waals surface area contributed by atoms with E-state index in [1.165, 1.54) is 6.33 Å². The van der Waals surface area contributed by atoms with Crippen molar-refractivity contribution < 1.29 is 4.79 Å². The van der Waals surface area contributed by atoms with Crippen LogP contribution in [0.4, 0.5) is 17.2 Å². The maximum Gasteiger partial charge on any atom is 0.255 e. The fraction of sp³-hybridized carbons (Fsp3) is 0. The number of hydrogen-bond donors (Lipinski definition) is 2. The van der Waals surface area contributed by atoms with Crippen LogP contribution in [0.1, 0.15) is 10.4 Å². The van der Waals surface area contributed by atoms with Crippen LogP contribution in [0.2, 0.25) is 5.02 Å². The topological polar surface area (TPSA) is 84.7 Å². The second kappa shape index (κ2) is 8.49. The van der Waals surface area contributed by atoms with Gasteiger partial charge in [0.25, 0.3) is 5.91 Å². The number of nitrogens with one attached hydrogen (secondary N) is 2. The first kappa shape index (κ1) is 19.7. The van der Waals surface area contributed by atoms with Gasteiger partial charge >= 0.3 is 0 Å². The molecule has 7 nitrogen and oxygen atoms in total. The van der Waals surface area contributed by atoms with Crippen molar-refractivity contribution in [1.29, 1.82) is 0 Å². The SMILES string of the molecule is O=C(Nc1ccc(Cl)cc1)c1ccc(Nc2ncnc3c2cnn3-c2ccccc2)cc1. The third-order valence-corrected chi connectivity index (χ3v) is 5.13. The van der Waals surface area contributed by atoms with Gasteiger partial charge in [-0.05, 0) is 60.7 Å². The van der Waals surface area contributed by atoms with Gasteiger partial charge < -0.3 is 10.6 Å². The summed E-state index contributed by atoms with van der Waals surface area (Å²) in [5.41, 5.74) is 3.63. The normalized spacial score (nSPS) is 10.8. The van der Waals surface area contributed by atoms with Crippen LogP contribution in [0.25, 0.3) is 16.7 Å². The molecule has 0 radical (unpaired) electrons. The van der Waals surface area contributed by atoms with Crippen molar-refractivity contribution in [3.8, 4) is 5.69 Å². The molecule has 156 valence electrons. The van der Waals surface area contributed by atoms with E-state index in [9.17, 15) is 4.79 Å². The second-order valence-corrected chi connectivity index (χ2v) is 7.45. The molecule has 0 bridgehead atoms. The summed E-state index contributed by atoms with van der Waals surface area (Å²) in [6.07, 6.45) is 3.23. The Balaban J connectivity index is 1.35. The van der Waals surface area contributed by atoms with E-state index in [1.807, 2.05) is 42.5 Å². The summed E-state index contributed by atoms with van der Waals surface area (Å²) in [6.45, 7) is 0. The van der Waals surface area contributed by atoms with Crippen LogP contribution in [0.3, 0.4) is 0 Å². The predicted octanol–water partition coefficient (Wildman–Crippen LogP) is 5.46. The van der Waals surface area contributed by atoms with Crippen molar-refractivity contribution in [2.45, 2.75) is 0 Å². The number of rotatable bonds is 5. The molecule has 0 fully saturated rings. The monoisotopic (exact) mass is 440 g/mol. The molecule has 2 N–H and O–H groups in total. The summed E-state index contributed by atoms with van der Waals surface area (Å²) in [6, 6.07) is 23.9. The van der Waals surface area contributed by atoms with Crippen LogP contribution in [0, 0.1) is 0 Å². The summed E-state index contributed by atoms with van der Waals surface area (Å²) < 4.78 is 1.77. The Morgan fingerprint density at radius 2 is 1.56 bits per heavy atom. The molecule has 0 aliphatic rings. The summed E-state index contributed by atoms with van der Waals surface area (Å²) in [4.78, 5) is 21.2. The van der Waals surface area contributed by atoms with Crippen LogP contribution in [-0.2, 0) is 0 Å². The molecule has 8 heteroatoms. The summed E-state index contributed by atoms with van der Waals surface area (Å²) in [5.74, 6) is 0.433. The molecule has 5 aromatic rings. The largest absolute Gasteiger partial charge is 0.340 e. The lowest BCUT2D eigenvalue weighted by Crippen LogP contribution is -2.11. The van der Waals surface area contributed by atoms with Crippen molar-refractivity contribution in [1.82, 2.24) is 19.7 Å². The molecule has 32 heavy (non-hydrogen) atoms. The van der Waals surface area contributed by atoms with Crippen molar-refractivity contribution in [2.24, 2.45) is 0 Å². The fourth-order valence-corrected chi connectivity index (χ4v) is 3.41. The number of halogens is 1. The number of benzene rings is 3. The Labute approximate surface area is 188 Å². The van der Waals surface area contributed by atoms with Gasteiger partial charge in [0.05, 0.1) is 17.3 Å². The third-order valence-electron chi connectivity index (χ3n) is 4.88. The molecule has 1 amide bonds. The van der Waals surface area contributed by atoms with Crippen LogP contribution in [0.15, 0.2) is 91.4 Å². The number of carbonyl (C=O) groups is 1. The van der Waals surface area contributed by atoms with Crippen molar-refractivity contribution in [3.63, 3.8) is 0 Å². The Kier molecular flexibility index (Phi) is 5.23. The molecule has 0 atom stereocenters. The van der Waals surface area contributed by atoms with Gasteiger partial charge in [-0.2, -0.15) is 5.10 Å². The highest BCUT2D eigenvalue weighted by Gasteiger charge is 2.12.